The van der Waals surface area contributed by atoms with Gasteiger partial charge in [0.05, 0.1) is 12.9 Å². The van der Waals surface area contributed by atoms with Gasteiger partial charge >= 0.3 is 0 Å². The van der Waals surface area contributed by atoms with Gasteiger partial charge in [-0.2, -0.15) is 0 Å². The van der Waals surface area contributed by atoms with Crippen LogP contribution in [0.5, 0.6) is 0 Å². The quantitative estimate of drug-likeness (QED) is 0.479. The zero-order valence-corrected chi connectivity index (χ0v) is 19.7. The summed E-state index contributed by atoms with van der Waals surface area (Å²) in [5.74, 6) is 5.34. The first-order valence-corrected chi connectivity index (χ1v) is 12.2. The van der Waals surface area contributed by atoms with Crippen LogP contribution < -0.4 is 0 Å². The number of hydrogen-bond donors (Lipinski definition) is 0. The van der Waals surface area contributed by atoms with Gasteiger partial charge in [-0.15, -0.1) is 0 Å². The van der Waals surface area contributed by atoms with E-state index in [-0.39, 0.29) is 0 Å². The Kier molecular flexibility index (Phi) is 5.88. The highest BCUT2D eigenvalue weighted by Gasteiger charge is 2.51. The van der Waals surface area contributed by atoms with Crippen LogP contribution in [0.15, 0.2) is 17.9 Å². The molecule has 1 nitrogen and oxygen atoms in total. The first-order valence-electron chi connectivity index (χ1n) is 12.2. The second-order valence-corrected chi connectivity index (χ2v) is 11.0. The molecule has 0 amide bonds. The Morgan fingerprint density at radius 3 is 2.52 bits per heavy atom. The number of rotatable bonds is 6. The molecule has 4 rings (SSSR count). The summed E-state index contributed by atoms with van der Waals surface area (Å²) in [6.07, 6.45) is 12.8. The van der Waals surface area contributed by atoms with Crippen molar-refractivity contribution in [1.29, 1.82) is 0 Å². The molecule has 160 valence electrons. The van der Waals surface area contributed by atoms with Crippen molar-refractivity contribution in [1.82, 2.24) is 0 Å². The second-order valence-electron chi connectivity index (χ2n) is 11.0. The molecule has 3 aliphatic carbocycles. The van der Waals surface area contributed by atoms with E-state index in [1.54, 1.807) is 16.7 Å². The topological polar surface area (TPSA) is 9.23 Å². The van der Waals surface area contributed by atoms with Crippen molar-refractivity contribution >= 4 is 6.08 Å². The maximum absolute atomic E-state index is 5.53. The van der Waals surface area contributed by atoms with Crippen LogP contribution in [-0.4, -0.2) is 7.11 Å². The van der Waals surface area contributed by atoms with Gasteiger partial charge in [0.15, 0.2) is 0 Å². The standard InChI is InChI=1S/C28H42O/c1-18(2)19(3)7-8-20(4)26-13-14-27-25-11-9-21-17-22(29-6)10-12-23(21)24(25)15-16-28(26,27)5/h9,11,17-20,26-27H,7-8,10,12-16H2,1-6H3. The molecule has 5 atom stereocenters. The number of fused-ring (bicyclic) bond motifs is 5. The summed E-state index contributed by atoms with van der Waals surface area (Å²) in [7, 11) is 1.81. The highest BCUT2D eigenvalue weighted by atomic mass is 16.5. The molecule has 1 saturated carbocycles. The molecular formula is C28H42O. The van der Waals surface area contributed by atoms with Crippen LogP contribution >= 0.6 is 0 Å². The van der Waals surface area contributed by atoms with E-state index in [2.05, 4.69) is 52.8 Å². The number of benzene rings is 1. The third-order valence-electron chi connectivity index (χ3n) is 9.30. The molecule has 0 aliphatic heterocycles. The summed E-state index contributed by atoms with van der Waals surface area (Å²) < 4.78 is 5.53. The zero-order chi connectivity index (χ0) is 20.8. The van der Waals surface area contributed by atoms with Crippen LogP contribution in [0.4, 0.5) is 0 Å². The molecular weight excluding hydrogens is 352 g/mol. The molecule has 0 saturated heterocycles. The highest BCUT2D eigenvalue weighted by molar-refractivity contribution is 5.62. The van der Waals surface area contributed by atoms with E-state index >= 15 is 0 Å². The van der Waals surface area contributed by atoms with E-state index in [9.17, 15) is 0 Å². The number of allylic oxidation sites excluding steroid dienone is 1. The molecule has 1 heteroatoms. The summed E-state index contributed by atoms with van der Waals surface area (Å²) in [5.41, 5.74) is 6.97. The van der Waals surface area contributed by atoms with E-state index < -0.39 is 0 Å². The average Bonchev–Trinajstić information content (AvgIpc) is 3.08. The molecule has 0 heterocycles. The fraction of sp³-hybridized carbons (Fsp3) is 0.714. The molecule has 0 spiro atoms. The molecule has 29 heavy (non-hydrogen) atoms. The lowest BCUT2D eigenvalue weighted by atomic mass is 9.60. The summed E-state index contributed by atoms with van der Waals surface area (Å²) in [4.78, 5) is 0. The average molecular weight is 395 g/mol. The Hall–Kier alpha value is -1.24. The predicted molar refractivity (Wildman–Crippen MR) is 124 cm³/mol. The van der Waals surface area contributed by atoms with E-state index in [1.807, 2.05) is 7.11 Å². The maximum atomic E-state index is 5.53. The van der Waals surface area contributed by atoms with Crippen LogP contribution in [0.1, 0.15) is 101 Å². The van der Waals surface area contributed by atoms with Gasteiger partial charge in [0.25, 0.3) is 0 Å². The van der Waals surface area contributed by atoms with Gasteiger partial charge in [0.1, 0.15) is 0 Å². The minimum Gasteiger partial charge on any atom is -0.501 e. The lowest BCUT2D eigenvalue weighted by molar-refractivity contribution is 0.115. The third kappa shape index (κ3) is 3.68. The summed E-state index contributed by atoms with van der Waals surface area (Å²) in [6.45, 7) is 12.4. The summed E-state index contributed by atoms with van der Waals surface area (Å²) in [5, 5.41) is 0. The number of ether oxygens (including phenoxy) is 1. The van der Waals surface area contributed by atoms with Gasteiger partial charge in [-0.05, 0) is 95.4 Å². The van der Waals surface area contributed by atoms with Crippen molar-refractivity contribution in [3.05, 3.63) is 40.1 Å². The third-order valence-corrected chi connectivity index (χ3v) is 9.30. The van der Waals surface area contributed by atoms with Gasteiger partial charge < -0.3 is 4.74 Å². The Bertz CT molecular complexity index is 773. The zero-order valence-electron chi connectivity index (χ0n) is 19.7. The van der Waals surface area contributed by atoms with Crippen molar-refractivity contribution in [2.45, 2.75) is 91.9 Å². The van der Waals surface area contributed by atoms with Crippen molar-refractivity contribution in [3.63, 3.8) is 0 Å². The van der Waals surface area contributed by atoms with Crippen LogP contribution in [0.25, 0.3) is 6.08 Å². The number of methoxy groups -OCH3 is 1. The van der Waals surface area contributed by atoms with E-state index in [1.165, 1.54) is 44.1 Å². The molecule has 1 aromatic carbocycles. The van der Waals surface area contributed by atoms with Crippen LogP contribution in [-0.2, 0) is 17.6 Å². The van der Waals surface area contributed by atoms with Crippen molar-refractivity contribution in [2.24, 2.45) is 29.1 Å². The van der Waals surface area contributed by atoms with Crippen LogP contribution in [0.2, 0.25) is 0 Å². The summed E-state index contributed by atoms with van der Waals surface area (Å²) in [6, 6.07) is 4.87. The molecule has 0 bridgehead atoms. The largest absolute Gasteiger partial charge is 0.501 e. The Morgan fingerprint density at radius 2 is 1.79 bits per heavy atom. The van der Waals surface area contributed by atoms with Crippen molar-refractivity contribution < 1.29 is 4.74 Å². The van der Waals surface area contributed by atoms with Crippen LogP contribution in [0, 0.1) is 29.1 Å². The molecule has 1 aromatic rings. The summed E-state index contributed by atoms with van der Waals surface area (Å²) >= 11 is 0. The molecule has 0 radical (unpaired) electrons. The Labute approximate surface area is 179 Å². The molecule has 0 N–H and O–H groups in total. The fourth-order valence-electron chi connectivity index (χ4n) is 6.96. The first-order chi connectivity index (χ1) is 13.8. The van der Waals surface area contributed by atoms with Crippen molar-refractivity contribution in [2.75, 3.05) is 7.11 Å². The van der Waals surface area contributed by atoms with E-state index in [0.717, 1.165) is 48.2 Å². The van der Waals surface area contributed by atoms with Gasteiger partial charge in [0.2, 0.25) is 0 Å². The maximum Gasteiger partial charge on any atom is 0.0964 e. The predicted octanol–water partition coefficient (Wildman–Crippen LogP) is 7.77. The minimum absolute atomic E-state index is 0.504. The van der Waals surface area contributed by atoms with Gasteiger partial charge in [-0.1, -0.05) is 59.6 Å². The first kappa shape index (κ1) is 21.0. The Morgan fingerprint density at radius 1 is 1.00 bits per heavy atom. The Balaban J connectivity index is 1.55. The molecule has 0 aromatic heterocycles. The molecule has 5 unspecified atom stereocenters. The minimum atomic E-state index is 0.504. The smallest absolute Gasteiger partial charge is 0.0964 e. The van der Waals surface area contributed by atoms with E-state index in [4.69, 9.17) is 4.74 Å². The lowest BCUT2D eigenvalue weighted by Crippen LogP contribution is -2.35. The van der Waals surface area contributed by atoms with Gasteiger partial charge in [0, 0.05) is 6.42 Å². The molecule has 1 fully saturated rings. The van der Waals surface area contributed by atoms with Crippen molar-refractivity contribution in [3.8, 4) is 0 Å². The lowest BCUT2D eigenvalue weighted by Gasteiger charge is -2.45. The van der Waals surface area contributed by atoms with Crippen LogP contribution in [0.3, 0.4) is 0 Å². The van der Waals surface area contributed by atoms with E-state index in [0.29, 0.717) is 5.41 Å². The fourth-order valence-corrected chi connectivity index (χ4v) is 6.96. The van der Waals surface area contributed by atoms with Gasteiger partial charge in [-0.3, -0.25) is 0 Å². The monoisotopic (exact) mass is 394 g/mol. The molecule has 3 aliphatic rings. The second kappa shape index (κ2) is 8.12. The van der Waals surface area contributed by atoms with Gasteiger partial charge in [-0.25, -0.2) is 0 Å². The number of hydrogen-bond acceptors (Lipinski definition) is 1. The normalized spacial score (nSPS) is 30.2. The SMILES string of the molecule is COC1=Cc2ccc3c(c2CC1)CCC1(C)C3CCC1C(C)CCC(C)C(C)C. The highest BCUT2D eigenvalue weighted by Crippen LogP contribution is 2.61.